The number of hydrogen-bond acceptors (Lipinski definition) is 4. The van der Waals surface area contributed by atoms with E-state index in [0.29, 0.717) is 29.6 Å². The van der Waals surface area contributed by atoms with Gasteiger partial charge in [-0.1, -0.05) is 39.7 Å². The third kappa shape index (κ3) is 5.87. The minimum atomic E-state index is -0.383. The van der Waals surface area contributed by atoms with E-state index >= 15 is 0 Å². The number of carbonyl (C=O) groups is 2. The molecule has 0 spiro atoms. The maximum absolute atomic E-state index is 12.4. The van der Waals surface area contributed by atoms with Gasteiger partial charge < -0.3 is 9.47 Å². The SMILES string of the molecule is CCCCCOC(=O)c1cccc(C(=O)OC2CCC(C)C(C)C2)c1. The molecule has 0 heterocycles. The van der Waals surface area contributed by atoms with Crippen LogP contribution < -0.4 is 0 Å². The smallest absolute Gasteiger partial charge is 0.338 e. The number of unbranched alkanes of at least 4 members (excludes halogenated alkanes) is 2. The number of rotatable bonds is 7. The first-order chi connectivity index (χ1) is 12.0. The summed E-state index contributed by atoms with van der Waals surface area (Å²) < 4.78 is 10.9. The molecular formula is C21H30O4. The lowest BCUT2D eigenvalue weighted by Gasteiger charge is -2.31. The van der Waals surface area contributed by atoms with Crippen LogP contribution in [0.1, 0.15) is 80.0 Å². The predicted octanol–water partition coefficient (Wildman–Crippen LogP) is 5.02. The van der Waals surface area contributed by atoms with Crippen molar-refractivity contribution in [3.63, 3.8) is 0 Å². The first-order valence-electron chi connectivity index (χ1n) is 9.49. The van der Waals surface area contributed by atoms with Crippen LogP contribution in [0.2, 0.25) is 0 Å². The van der Waals surface area contributed by atoms with Crippen LogP contribution in [0.25, 0.3) is 0 Å². The van der Waals surface area contributed by atoms with Gasteiger partial charge in [0, 0.05) is 0 Å². The quantitative estimate of drug-likeness (QED) is 0.514. The Morgan fingerprint density at radius 1 is 1.04 bits per heavy atom. The first kappa shape index (κ1) is 19.5. The van der Waals surface area contributed by atoms with Crippen LogP contribution in [0.4, 0.5) is 0 Å². The van der Waals surface area contributed by atoms with Gasteiger partial charge in [0.05, 0.1) is 17.7 Å². The molecule has 0 aliphatic heterocycles. The topological polar surface area (TPSA) is 52.6 Å². The summed E-state index contributed by atoms with van der Waals surface area (Å²) in [6.45, 7) is 6.97. The molecule has 4 heteroatoms. The molecule has 25 heavy (non-hydrogen) atoms. The lowest BCUT2D eigenvalue weighted by molar-refractivity contribution is 0.00878. The van der Waals surface area contributed by atoms with Gasteiger partial charge in [0.25, 0.3) is 0 Å². The van der Waals surface area contributed by atoms with Gasteiger partial charge in [0.1, 0.15) is 6.10 Å². The summed E-state index contributed by atoms with van der Waals surface area (Å²) in [4.78, 5) is 24.5. The van der Waals surface area contributed by atoms with Crippen LogP contribution in [0, 0.1) is 11.8 Å². The van der Waals surface area contributed by atoms with Crippen molar-refractivity contribution in [1.82, 2.24) is 0 Å². The summed E-state index contributed by atoms with van der Waals surface area (Å²) in [5.74, 6) is 0.509. The number of carbonyl (C=O) groups excluding carboxylic acids is 2. The summed E-state index contributed by atoms with van der Waals surface area (Å²) in [5, 5.41) is 0. The molecule has 1 saturated carbocycles. The van der Waals surface area contributed by atoms with E-state index in [-0.39, 0.29) is 18.0 Å². The molecule has 1 fully saturated rings. The summed E-state index contributed by atoms with van der Waals surface area (Å²) in [7, 11) is 0. The zero-order valence-corrected chi connectivity index (χ0v) is 15.6. The van der Waals surface area contributed by atoms with Crippen molar-refractivity contribution in [3.8, 4) is 0 Å². The molecule has 4 nitrogen and oxygen atoms in total. The van der Waals surface area contributed by atoms with Crippen molar-refractivity contribution in [2.24, 2.45) is 11.8 Å². The van der Waals surface area contributed by atoms with E-state index in [1.54, 1.807) is 24.3 Å². The maximum atomic E-state index is 12.4. The van der Waals surface area contributed by atoms with Crippen molar-refractivity contribution in [2.75, 3.05) is 6.61 Å². The van der Waals surface area contributed by atoms with Crippen LogP contribution in [-0.4, -0.2) is 24.6 Å². The monoisotopic (exact) mass is 346 g/mol. The van der Waals surface area contributed by atoms with E-state index in [1.807, 2.05) is 0 Å². The Balaban J connectivity index is 1.91. The molecular weight excluding hydrogens is 316 g/mol. The van der Waals surface area contributed by atoms with Gasteiger partial charge in [-0.15, -0.1) is 0 Å². The lowest BCUT2D eigenvalue weighted by atomic mass is 9.80. The molecule has 0 aromatic heterocycles. The predicted molar refractivity (Wildman–Crippen MR) is 97.6 cm³/mol. The Morgan fingerprint density at radius 3 is 2.44 bits per heavy atom. The van der Waals surface area contributed by atoms with Gasteiger partial charge >= 0.3 is 11.9 Å². The van der Waals surface area contributed by atoms with Gasteiger partial charge in [-0.2, -0.15) is 0 Å². The lowest BCUT2D eigenvalue weighted by Crippen LogP contribution is -2.28. The van der Waals surface area contributed by atoms with Crippen molar-refractivity contribution in [1.29, 1.82) is 0 Å². The molecule has 1 aliphatic carbocycles. The highest BCUT2D eigenvalue weighted by Crippen LogP contribution is 2.31. The summed E-state index contributed by atoms with van der Waals surface area (Å²) in [6.07, 6.45) is 5.87. The third-order valence-corrected chi connectivity index (χ3v) is 5.14. The molecule has 3 atom stereocenters. The normalized spacial score (nSPS) is 23.1. The Morgan fingerprint density at radius 2 is 1.76 bits per heavy atom. The standard InChI is InChI=1S/C21H30O4/c1-4-5-6-12-24-20(22)17-8-7-9-18(14-17)21(23)25-19-11-10-15(2)16(3)13-19/h7-9,14-16,19H,4-6,10-13H2,1-3H3. The summed E-state index contributed by atoms with van der Waals surface area (Å²) in [5.41, 5.74) is 0.811. The number of ether oxygens (including phenoxy) is 2. The van der Waals surface area contributed by atoms with Crippen molar-refractivity contribution in [2.45, 2.75) is 65.4 Å². The minimum Gasteiger partial charge on any atom is -0.462 e. The summed E-state index contributed by atoms with van der Waals surface area (Å²) in [6, 6.07) is 6.62. The summed E-state index contributed by atoms with van der Waals surface area (Å²) >= 11 is 0. The Kier molecular flexibility index (Phi) is 7.48. The third-order valence-electron chi connectivity index (χ3n) is 5.14. The molecule has 0 bridgehead atoms. The average molecular weight is 346 g/mol. The van der Waals surface area contributed by atoms with Crippen LogP contribution in [0.3, 0.4) is 0 Å². The molecule has 3 unspecified atom stereocenters. The van der Waals surface area contributed by atoms with E-state index in [2.05, 4.69) is 20.8 Å². The minimum absolute atomic E-state index is 0.0247. The molecule has 0 radical (unpaired) electrons. The second-order valence-corrected chi connectivity index (χ2v) is 7.22. The molecule has 0 N–H and O–H groups in total. The number of esters is 2. The van der Waals surface area contributed by atoms with Gasteiger partial charge in [-0.05, 0) is 55.7 Å². The van der Waals surface area contributed by atoms with Gasteiger partial charge in [-0.25, -0.2) is 9.59 Å². The van der Waals surface area contributed by atoms with Crippen LogP contribution in [-0.2, 0) is 9.47 Å². The van der Waals surface area contributed by atoms with Crippen molar-refractivity contribution < 1.29 is 19.1 Å². The molecule has 2 rings (SSSR count). The fourth-order valence-electron chi connectivity index (χ4n) is 3.20. The van der Waals surface area contributed by atoms with E-state index in [0.717, 1.165) is 38.5 Å². The van der Waals surface area contributed by atoms with Crippen molar-refractivity contribution in [3.05, 3.63) is 35.4 Å². The van der Waals surface area contributed by atoms with E-state index in [4.69, 9.17) is 9.47 Å². The van der Waals surface area contributed by atoms with E-state index in [1.165, 1.54) is 0 Å². The van der Waals surface area contributed by atoms with Crippen LogP contribution in [0.5, 0.6) is 0 Å². The molecule has 1 aromatic rings. The van der Waals surface area contributed by atoms with Crippen molar-refractivity contribution >= 4 is 11.9 Å². The highest BCUT2D eigenvalue weighted by molar-refractivity contribution is 5.95. The van der Waals surface area contributed by atoms with Gasteiger partial charge in [-0.3, -0.25) is 0 Å². The zero-order chi connectivity index (χ0) is 18.2. The molecule has 1 aliphatic rings. The Hall–Kier alpha value is -1.84. The highest BCUT2D eigenvalue weighted by Gasteiger charge is 2.27. The van der Waals surface area contributed by atoms with Gasteiger partial charge in [0.2, 0.25) is 0 Å². The second-order valence-electron chi connectivity index (χ2n) is 7.22. The maximum Gasteiger partial charge on any atom is 0.338 e. The zero-order valence-electron chi connectivity index (χ0n) is 15.6. The fraction of sp³-hybridized carbons (Fsp3) is 0.619. The van der Waals surface area contributed by atoms with Crippen LogP contribution >= 0.6 is 0 Å². The molecule has 138 valence electrons. The first-order valence-corrected chi connectivity index (χ1v) is 9.49. The van der Waals surface area contributed by atoms with Crippen LogP contribution in [0.15, 0.2) is 24.3 Å². The number of benzene rings is 1. The van der Waals surface area contributed by atoms with Gasteiger partial charge in [0.15, 0.2) is 0 Å². The van der Waals surface area contributed by atoms with E-state index in [9.17, 15) is 9.59 Å². The highest BCUT2D eigenvalue weighted by atomic mass is 16.5. The largest absolute Gasteiger partial charge is 0.462 e. The Bertz CT molecular complexity index is 581. The van der Waals surface area contributed by atoms with E-state index < -0.39 is 0 Å². The fourth-order valence-corrected chi connectivity index (χ4v) is 3.20. The second kappa shape index (κ2) is 9.59. The molecule has 0 amide bonds. The average Bonchev–Trinajstić information content (AvgIpc) is 2.62. The molecule has 0 saturated heterocycles. The number of hydrogen-bond donors (Lipinski definition) is 0. The Labute approximate surface area is 150 Å². The molecule has 1 aromatic carbocycles.